The number of carbonyl (C=O) groups is 1. The van der Waals surface area contributed by atoms with E-state index in [2.05, 4.69) is 32.9 Å². The Labute approximate surface area is 123 Å². The number of rotatable bonds is 5. The van der Waals surface area contributed by atoms with E-state index in [-0.39, 0.29) is 5.92 Å². The van der Waals surface area contributed by atoms with Gasteiger partial charge in [0, 0.05) is 11.5 Å². The Bertz CT molecular complexity index is 439. The van der Waals surface area contributed by atoms with E-state index in [4.69, 9.17) is 0 Å². The molecule has 1 aromatic rings. The van der Waals surface area contributed by atoms with Gasteiger partial charge in [0.15, 0.2) is 5.78 Å². The molecule has 0 radical (unpaired) electrons. The van der Waals surface area contributed by atoms with Crippen molar-refractivity contribution in [3.63, 3.8) is 0 Å². The number of Topliss-reactive ketones (excluding diaryl/α,β-unsaturated/α-hetero) is 1. The normalized spacial score (nSPS) is 23.0. The molecule has 0 bridgehead atoms. The van der Waals surface area contributed by atoms with Crippen molar-refractivity contribution in [2.45, 2.75) is 59.3 Å². The summed E-state index contributed by atoms with van der Waals surface area (Å²) in [6.45, 7) is 6.71. The Morgan fingerprint density at radius 1 is 1.20 bits per heavy atom. The van der Waals surface area contributed by atoms with Crippen LogP contribution in [0, 0.1) is 17.8 Å². The van der Waals surface area contributed by atoms with Gasteiger partial charge in [-0.15, -0.1) is 0 Å². The van der Waals surface area contributed by atoms with Crippen molar-refractivity contribution < 1.29 is 4.79 Å². The second-order valence-electron chi connectivity index (χ2n) is 6.79. The van der Waals surface area contributed by atoms with Crippen LogP contribution in [0.1, 0.15) is 68.8 Å². The Kier molecular flexibility index (Phi) is 5.39. The lowest BCUT2D eigenvalue weighted by Crippen LogP contribution is -2.21. The van der Waals surface area contributed by atoms with Crippen molar-refractivity contribution in [3.05, 3.63) is 35.4 Å². The Balaban J connectivity index is 2.02. The third-order valence-electron chi connectivity index (χ3n) is 4.65. The van der Waals surface area contributed by atoms with Gasteiger partial charge >= 0.3 is 0 Å². The molecule has 110 valence electrons. The SMILES string of the molecule is CCC1CCC(C(=O)c2cccc(CC(C)C)c2)CC1. The first kappa shape index (κ1) is 15.3. The summed E-state index contributed by atoms with van der Waals surface area (Å²) in [5, 5.41) is 0. The van der Waals surface area contributed by atoms with E-state index in [0.29, 0.717) is 11.7 Å². The van der Waals surface area contributed by atoms with E-state index < -0.39 is 0 Å². The standard InChI is InChI=1S/C19H28O/c1-4-15-8-10-17(11-9-15)19(20)18-7-5-6-16(13-18)12-14(2)3/h5-7,13-15,17H,4,8-12H2,1-3H3. The number of carbonyl (C=O) groups excluding carboxylic acids is 1. The summed E-state index contributed by atoms with van der Waals surface area (Å²) in [6.07, 6.45) is 6.98. The molecule has 1 saturated carbocycles. The van der Waals surface area contributed by atoms with Crippen molar-refractivity contribution in [2.75, 3.05) is 0 Å². The second kappa shape index (κ2) is 7.06. The van der Waals surface area contributed by atoms with Crippen molar-refractivity contribution in [2.24, 2.45) is 17.8 Å². The maximum absolute atomic E-state index is 12.6. The van der Waals surface area contributed by atoms with Crippen molar-refractivity contribution in [3.8, 4) is 0 Å². The molecule has 0 atom stereocenters. The first-order valence-electron chi connectivity index (χ1n) is 8.23. The van der Waals surface area contributed by atoms with Gasteiger partial charge in [-0.3, -0.25) is 4.79 Å². The van der Waals surface area contributed by atoms with Crippen LogP contribution in [-0.4, -0.2) is 5.78 Å². The molecule has 1 aliphatic carbocycles. The second-order valence-corrected chi connectivity index (χ2v) is 6.79. The van der Waals surface area contributed by atoms with Crippen molar-refractivity contribution in [1.82, 2.24) is 0 Å². The zero-order valence-corrected chi connectivity index (χ0v) is 13.2. The number of hydrogen-bond donors (Lipinski definition) is 0. The van der Waals surface area contributed by atoms with Gasteiger partial charge in [-0.2, -0.15) is 0 Å². The van der Waals surface area contributed by atoms with Crippen LogP contribution in [-0.2, 0) is 6.42 Å². The monoisotopic (exact) mass is 272 g/mol. The number of benzene rings is 1. The molecule has 1 aromatic carbocycles. The molecule has 0 amide bonds. The fourth-order valence-electron chi connectivity index (χ4n) is 3.39. The van der Waals surface area contributed by atoms with Gasteiger partial charge < -0.3 is 0 Å². The van der Waals surface area contributed by atoms with E-state index in [9.17, 15) is 4.79 Å². The van der Waals surface area contributed by atoms with Crippen molar-refractivity contribution in [1.29, 1.82) is 0 Å². The van der Waals surface area contributed by atoms with Crippen molar-refractivity contribution >= 4 is 5.78 Å². The summed E-state index contributed by atoms with van der Waals surface area (Å²) in [4.78, 5) is 12.6. The molecule has 1 heteroatoms. The fourth-order valence-corrected chi connectivity index (χ4v) is 3.39. The molecule has 1 nitrogen and oxygen atoms in total. The molecule has 0 spiro atoms. The Morgan fingerprint density at radius 2 is 1.90 bits per heavy atom. The highest BCUT2D eigenvalue weighted by Crippen LogP contribution is 2.32. The third-order valence-corrected chi connectivity index (χ3v) is 4.65. The van der Waals surface area contributed by atoms with Gasteiger partial charge in [-0.25, -0.2) is 0 Å². The predicted octanol–water partition coefficient (Wildman–Crippen LogP) is 5.28. The van der Waals surface area contributed by atoms with E-state index in [1.807, 2.05) is 12.1 Å². The summed E-state index contributed by atoms with van der Waals surface area (Å²) >= 11 is 0. The topological polar surface area (TPSA) is 17.1 Å². The molecule has 1 aliphatic rings. The smallest absolute Gasteiger partial charge is 0.165 e. The molecular weight excluding hydrogens is 244 g/mol. The van der Waals surface area contributed by atoms with Crippen LogP contribution in [0.15, 0.2) is 24.3 Å². The van der Waals surface area contributed by atoms with Crippen LogP contribution in [0.3, 0.4) is 0 Å². The van der Waals surface area contributed by atoms with Crippen LogP contribution in [0.25, 0.3) is 0 Å². The number of ketones is 1. The minimum atomic E-state index is 0.270. The van der Waals surface area contributed by atoms with E-state index in [1.165, 1.54) is 24.8 Å². The van der Waals surface area contributed by atoms with Gasteiger partial charge in [0.2, 0.25) is 0 Å². The lowest BCUT2D eigenvalue weighted by atomic mass is 9.77. The lowest BCUT2D eigenvalue weighted by Gasteiger charge is -2.26. The first-order chi connectivity index (χ1) is 9.60. The largest absolute Gasteiger partial charge is 0.294 e. The average Bonchev–Trinajstić information content (AvgIpc) is 2.46. The summed E-state index contributed by atoms with van der Waals surface area (Å²) in [6, 6.07) is 8.31. The first-order valence-corrected chi connectivity index (χ1v) is 8.23. The highest BCUT2D eigenvalue weighted by Gasteiger charge is 2.26. The van der Waals surface area contributed by atoms with Gasteiger partial charge in [-0.1, -0.05) is 45.4 Å². The van der Waals surface area contributed by atoms with Crippen LogP contribution in [0.5, 0.6) is 0 Å². The molecule has 1 fully saturated rings. The lowest BCUT2D eigenvalue weighted by molar-refractivity contribution is 0.0871. The predicted molar refractivity (Wildman–Crippen MR) is 85.1 cm³/mol. The van der Waals surface area contributed by atoms with Gasteiger partial charge in [0.05, 0.1) is 0 Å². The minimum absolute atomic E-state index is 0.270. The molecule has 0 heterocycles. The third kappa shape index (κ3) is 3.94. The van der Waals surface area contributed by atoms with Crippen LogP contribution in [0.4, 0.5) is 0 Å². The number of hydrogen-bond acceptors (Lipinski definition) is 1. The highest BCUT2D eigenvalue weighted by atomic mass is 16.1. The Hall–Kier alpha value is -1.11. The summed E-state index contributed by atoms with van der Waals surface area (Å²) in [7, 11) is 0. The van der Waals surface area contributed by atoms with E-state index >= 15 is 0 Å². The molecule has 0 N–H and O–H groups in total. The van der Waals surface area contributed by atoms with Gasteiger partial charge in [-0.05, 0) is 55.6 Å². The molecule has 20 heavy (non-hydrogen) atoms. The molecule has 0 aliphatic heterocycles. The Morgan fingerprint density at radius 3 is 2.50 bits per heavy atom. The maximum atomic E-state index is 12.6. The molecular formula is C19H28O. The maximum Gasteiger partial charge on any atom is 0.165 e. The molecule has 0 saturated heterocycles. The molecule has 0 aromatic heterocycles. The fraction of sp³-hybridized carbons (Fsp3) is 0.632. The van der Waals surface area contributed by atoms with Gasteiger partial charge in [0.25, 0.3) is 0 Å². The molecule has 0 unspecified atom stereocenters. The quantitative estimate of drug-likeness (QED) is 0.666. The van der Waals surface area contributed by atoms with E-state index in [0.717, 1.165) is 30.7 Å². The minimum Gasteiger partial charge on any atom is -0.294 e. The average molecular weight is 272 g/mol. The molecule has 2 rings (SSSR count). The summed E-state index contributed by atoms with van der Waals surface area (Å²) < 4.78 is 0. The van der Waals surface area contributed by atoms with Crippen LogP contribution in [0.2, 0.25) is 0 Å². The summed E-state index contributed by atoms with van der Waals surface area (Å²) in [5.74, 6) is 2.14. The van der Waals surface area contributed by atoms with Crippen LogP contribution >= 0.6 is 0 Å². The zero-order valence-electron chi connectivity index (χ0n) is 13.2. The van der Waals surface area contributed by atoms with Crippen LogP contribution < -0.4 is 0 Å². The van der Waals surface area contributed by atoms with Gasteiger partial charge in [0.1, 0.15) is 0 Å². The summed E-state index contributed by atoms with van der Waals surface area (Å²) in [5.41, 5.74) is 2.23. The van der Waals surface area contributed by atoms with E-state index in [1.54, 1.807) is 0 Å². The zero-order chi connectivity index (χ0) is 14.5. The highest BCUT2D eigenvalue weighted by molar-refractivity contribution is 5.98.